The van der Waals surface area contributed by atoms with Crippen LogP contribution in [0.15, 0.2) is 12.3 Å². The fourth-order valence-electron chi connectivity index (χ4n) is 2.48. The van der Waals surface area contributed by atoms with Gasteiger partial charge < -0.3 is 5.11 Å². The number of piperidine rings is 1. The van der Waals surface area contributed by atoms with Crippen LogP contribution in [0, 0.1) is 5.92 Å². The second-order valence-corrected chi connectivity index (χ2v) is 5.05. The van der Waals surface area contributed by atoms with Gasteiger partial charge in [0.2, 0.25) is 0 Å². The molecule has 7 heteroatoms. The van der Waals surface area contributed by atoms with E-state index in [4.69, 9.17) is 0 Å². The van der Waals surface area contributed by atoms with E-state index in [1.807, 2.05) is 13.1 Å². The van der Waals surface area contributed by atoms with Crippen LogP contribution in [-0.2, 0) is 13.6 Å². The maximum atomic E-state index is 12.4. The SMILES string of the molecule is Cn1nccc1CN1CCC(C(O)C(F)(F)F)CC1. The van der Waals surface area contributed by atoms with Crippen LogP contribution in [0.5, 0.6) is 0 Å². The maximum absolute atomic E-state index is 12.4. The summed E-state index contributed by atoms with van der Waals surface area (Å²) in [5, 5.41) is 13.3. The van der Waals surface area contributed by atoms with Crippen LogP contribution in [0.3, 0.4) is 0 Å². The van der Waals surface area contributed by atoms with Gasteiger partial charge in [-0.3, -0.25) is 9.58 Å². The van der Waals surface area contributed by atoms with Gasteiger partial charge in [0.15, 0.2) is 6.10 Å². The fourth-order valence-corrected chi connectivity index (χ4v) is 2.48. The Hall–Kier alpha value is -1.08. The van der Waals surface area contributed by atoms with Gasteiger partial charge in [-0.05, 0) is 37.9 Å². The third-order valence-corrected chi connectivity index (χ3v) is 3.72. The minimum absolute atomic E-state index is 0.374. The second-order valence-electron chi connectivity index (χ2n) is 5.05. The molecule has 0 spiro atoms. The molecule has 1 unspecified atom stereocenters. The van der Waals surface area contributed by atoms with Crippen molar-refractivity contribution in [3.63, 3.8) is 0 Å². The van der Waals surface area contributed by atoms with Gasteiger partial charge in [0, 0.05) is 19.8 Å². The van der Waals surface area contributed by atoms with E-state index in [1.54, 1.807) is 10.9 Å². The second kappa shape index (κ2) is 5.50. The van der Waals surface area contributed by atoms with Gasteiger partial charge in [-0.25, -0.2) is 0 Å². The summed E-state index contributed by atoms with van der Waals surface area (Å²) in [4.78, 5) is 2.09. The Morgan fingerprint density at radius 2 is 2.05 bits per heavy atom. The molecule has 4 nitrogen and oxygen atoms in total. The highest BCUT2D eigenvalue weighted by atomic mass is 19.4. The van der Waals surface area contributed by atoms with Crippen molar-refractivity contribution in [1.29, 1.82) is 0 Å². The molecule has 1 N–H and O–H groups in total. The van der Waals surface area contributed by atoms with Crippen LogP contribution in [0.4, 0.5) is 13.2 Å². The summed E-state index contributed by atoms with van der Waals surface area (Å²) >= 11 is 0. The van der Waals surface area contributed by atoms with E-state index in [2.05, 4.69) is 10.00 Å². The molecular weight excluding hydrogens is 259 g/mol. The van der Waals surface area contributed by atoms with Crippen molar-refractivity contribution in [3.05, 3.63) is 18.0 Å². The highest BCUT2D eigenvalue weighted by molar-refractivity contribution is 5.00. The Morgan fingerprint density at radius 1 is 1.42 bits per heavy atom. The van der Waals surface area contributed by atoms with Crippen molar-refractivity contribution in [2.45, 2.75) is 31.7 Å². The lowest BCUT2D eigenvalue weighted by Gasteiger charge is -2.34. The van der Waals surface area contributed by atoms with E-state index in [-0.39, 0.29) is 0 Å². The molecule has 108 valence electrons. The zero-order valence-electron chi connectivity index (χ0n) is 10.8. The number of aryl methyl sites for hydroxylation is 1. The van der Waals surface area contributed by atoms with Crippen molar-refractivity contribution in [3.8, 4) is 0 Å². The molecule has 0 aromatic carbocycles. The monoisotopic (exact) mass is 277 g/mol. The third kappa shape index (κ3) is 3.48. The summed E-state index contributed by atoms with van der Waals surface area (Å²) in [7, 11) is 1.84. The van der Waals surface area contributed by atoms with Crippen molar-refractivity contribution in [2.24, 2.45) is 13.0 Å². The highest BCUT2D eigenvalue weighted by Crippen LogP contribution is 2.31. The van der Waals surface area contributed by atoms with Crippen LogP contribution < -0.4 is 0 Å². The van der Waals surface area contributed by atoms with Gasteiger partial charge in [-0.2, -0.15) is 18.3 Å². The first-order valence-corrected chi connectivity index (χ1v) is 6.32. The van der Waals surface area contributed by atoms with Gasteiger partial charge in [0.1, 0.15) is 0 Å². The molecular formula is C12H18F3N3O. The number of alkyl halides is 3. The Labute approximate surface area is 109 Å². The molecule has 0 bridgehead atoms. The fraction of sp³-hybridized carbons (Fsp3) is 0.750. The average Bonchev–Trinajstić information content (AvgIpc) is 2.74. The molecule has 1 aromatic heterocycles. The van der Waals surface area contributed by atoms with Crippen LogP contribution in [0.25, 0.3) is 0 Å². The van der Waals surface area contributed by atoms with E-state index in [0.29, 0.717) is 32.5 Å². The maximum Gasteiger partial charge on any atom is 0.414 e. The van der Waals surface area contributed by atoms with Crippen LogP contribution in [0.1, 0.15) is 18.5 Å². The number of halogens is 3. The van der Waals surface area contributed by atoms with Crippen molar-refractivity contribution in [2.75, 3.05) is 13.1 Å². The molecule has 19 heavy (non-hydrogen) atoms. The summed E-state index contributed by atoms with van der Waals surface area (Å²) < 4.78 is 39.0. The van der Waals surface area contributed by atoms with Crippen LogP contribution in [0.2, 0.25) is 0 Å². The predicted molar refractivity (Wildman–Crippen MR) is 63.3 cm³/mol. The first-order valence-electron chi connectivity index (χ1n) is 6.32. The number of hydrogen-bond donors (Lipinski definition) is 1. The molecule has 0 aliphatic carbocycles. The molecule has 0 amide bonds. The first-order chi connectivity index (χ1) is 8.88. The van der Waals surface area contributed by atoms with E-state index in [9.17, 15) is 18.3 Å². The van der Waals surface area contributed by atoms with E-state index >= 15 is 0 Å². The molecule has 1 aliphatic rings. The van der Waals surface area contributed by atoms with Crippen LogP contribution >= 0.6 is 0 Å². The van der Waals surface area contributed by atoms with Crippen molar-refractivity contribution < 1.29 is 18.3 Å². The standard InChI is InChI=1S/C12H18F3N3O/c1-17-10(2-5-16-17)8-18-6-3-9(4-7-18)11(19)12(13,14)15/h2,5,9,11,19H,3-4,6-8H2,1H3. The largest absolute Gasteiger partial charge is 0.414 e. The quantitative estimate of drug-likeness (QED) is 0.911. The first kappa shape index (κ1) is 14.3. The molecule has 1 fully saturated rings. The summed E-state index contributed by atoms with van der Waals surface area (Å²) in [6.45, 7) is 1.83. The van der Waals surface area contributed by atoms with E-state index < -0.39 is 18.2 Å². The summed E-state index contributed by atoms with van der Waals surface area (Å²) in [5.74, 6) is -0.678. The minimum Gasteiger partial charge on any atom is -0.383 e. The molecule has 1 atom stereocenters. The summed E-state index contributed by atoms with van der Waals surface area (Å²) in [5.41, 5.74) is 1.04. The molecule has 2 heterocycles. The lowest BCUT2D eigenvalue weighted by Crippen LogP contribution is -2.43. The highest BCUT2D eigenvalue weighted by Gasteiger charge is 2.44. The average molecular weight is 277 g/mol. The van der Waals surface area contributed by atoms with Crippen molar-refractivity contribution in [1.82, 2.24) is 14.7 Å². The number of aliphatic hydroxyl groups is 1. The smallest absolute Gasteiger partial charge is 0.383 e. The predicted octanol–water partition coefficient (Wildman–Crippen LogP) is 1.56. The van der Waals surface area contributed by atoms with Gasteiger partial charge in [0.25, 0.3) is 0 Å². The molecule has 2 rings (SSSR count). The lowest BCUT2D eigenvalue weighted by atomic mass is 9.91. The number of aromatic nitrogens is 2. The lowest BCUT2D eigenvalue weighted by molar-refractivity contribution is -0.223. The Morgan fingerprint density at radius 3 is 2.53 bits per heavy atom. The normalized spacial score (nSPS) is 20.7. The molecule has 1 saturated heterocycles. The van der Waals surface area contributed by atoms with Gasteiger partial charge in [0.05, 0.1) is 5.69 Å². The van der Waals surface area contributed by atoms with Gasteiger partial charge in [-0.15, -0.1) is 0 Å². The molecule has 1 aliphatic heterocycles. The zero-order valence-corrected chi connectivity index (χ0v) is 10.8. The number of likely N-dealkylation sites (tertiary alicyclic amines) is 1. The third-order valence-electron chi connectivity index (χ3n) is 3.72. The Bertz CT molecular complexity index is 411. The molecule has 0 radical (unpaired) electrons. The van der Waals surface area contributed by atoms with E-state index in [0.717, 1.165) is 5.69 Å². The van der Waals surface area contributed by atoms with Gasteiger partial charge >= 0.3 is 6.18 Å². The summed E-state index contributed by atoms with van der Waals surface area (Å²) in [6.07, 6.45) is -4.24. The number of nitrogens with zero attached hydrogens (tertiary/aromatic N) is 3. The topological polar surface area (TPSA) is 41.3 Å². The van der Waals surface area contributed by atoms with Crippen molar-refractivity contribution >= 4 is 0 Å². The number of hydrogen-bond acceptors (Lipinski definition) is 3. The molecule has 1 aromatic rings. The number of rotatable bonds is 3. The van der Waals surface area contributed by atoms with Gasteiger partial charge in [-0.1, -0.05) is 0 Å². The molecule has 0 saturated carbocycles. The zero-order chi connectivity index (χ0) is 14.0. The Kier molecular flexibility index (Phi) is 4.15. The summed E-state index contributed by atoms with van der Waals surface area (Å²) in [6, 6.07) is 1.90. The van der Waals surface area contributed by atoms with E-state index in [1.165, 1.54) is 0 Å². The number of aliphatic hydroxyl groups excluding tert-OH is 1. The minimum atomic E-state index is -4.51. The Balaban J connectivity index is 1.84. The van der Waals surface area contributed by atoms with Crippen LogP contribution in [-0.4, -0.2) is 45.2 Å².